The number of amides is 1. The third kappa shape index (κ3) is 5.40. The topological polar surface area (TPSA) is 49.8 Å². The van der Waals surface area contributed by atoms with Gasteiger partial charge in [0.15, 0.2) is 6.61 Å². The molecule has 1 aliphatic carbocycles. The molecular weight excluding hydrogens is 403 g/mol. The molecule has 1 amide bonds. The molecular formula is C21H28F3NO3S. The number of anilines is 1. The van der Waals surface area contributed by atoms with Crippen molar-refractivity contribution in [2.24, 2.45) is 5.41 Å². The molecule has 4 nitrogen and oxygen atoms in total. The van der Waals surface area contributed by atoms with Gasteiger partial charge in [0.1, 0.15) is 5.75 Å². The Morgan fingerprint density at radius 2 is 1.76 bits per heavy atom. The smallest absolute Gasteiger partial charge is 0.422 e. The van der Waals surface area contributed by atoms with E-state index in [1.54, 1.807) is 28.8 Å². The normalized spacial score (nSPS) is 27.8. The molecule has 1 spiro atoms. The van der Waals surface area contributed by atoms with Gasteiger partial charge in [0.05, 0.1) is 11.0 Å². The van der Waals surface area contributed by atoms with Crippen LogP contribution in [-0.4, -0.2) is 46.9 Å². The summed E-state index contributed by atoms with van der Waals surface area (Å²) in [6.07, 6.45) is -1.06. The molecule has 1 saturated heterocycles. The Bertz CT molecular complexity index is 713. The van der Waals surface area contributed by atoms with Gasteiger partial charge in [-0.15, -0.1) is 0 Å². The van der Waals surface area contributed by atoms with Crippen LogP contribution in [0.2, 0.25) is 0 Å². The van der Waals surface area contributed by atoms with Crippen molar-refractivity contribution in [3.63, 3.8) is 0 Å². The lowest BCUT2D eigenvalue weighted by molar-refractivity contribution is -0.153. The van der Waals surface area contributed by atoms with Crippen LogP contribution in [-0.2, 0) is 4.79 Å². The van der Waals surface area contributed by atoms with Crippen LogP contribution < -0.4 is 9.64 Å². The van der Waals surface area contributed by atoms with Gasteiger partial charge in [-0.3, -0.25) is 4.79 Å². The summed E-state index contributed by atoms with van der Waals surface area (Å²) < 4.78 is 41.5. The maximum Gasteiger partial charge on any atom is 0.422 e. The van der Waals surface area contributed by atoms with E-state index in [9.17, 15) is 23.1 Å². The Labute approximate surface area is 173 Å². The van der Waals surface area contributed by atoms with Gasteiger partial charge in [-0.25, -0.2) is 0 Å². The number of nitrogens with zero attached hydrogens (tertiary/aromatic N) is 1. The van der Waals surface area contributed by atoms with E-state index >= 15 is 0 Å². The zero-order valence-corrected chi connectivity index (χ0v) is 17.6. The number of carbonyl (C=O) groups excluding carboxylic acids is 1. The minimum Gasteiger partial charge on any atom is -0.484 e. The van der Waals surface area contributed by atoms with E-state index in [1.807, 2.05) is 0 Å². The second-order valence-corrected chi connectivity index (χ2v) is 10.0. The SMILES string of the molecule is CC(C)SC[C@]1(O)CC[C@]2(CCN(c3ccc(OCC(F)(F)F)cc3)C2=O)CC1. The van der Waals surface area contributed by atoms with Gasteiger partial charge in [0.25, 0.3) is 0 Å². The molecule has 2 aliphatic rings. The Hall–Kier alpha value is -1.41. The molecule has 1 aliphatic heterocycles. The Balaban J connectivity index is 1.60. The van der Waals surface area contributed by atoms with Crippen molar-refractivity contribution in [2.45, 2.75) is 63.0 Å². The monoisotopic (exact) mass is 431 g/mol. The first-order valence-electron chi connectivity index (χ1n) is 9.98. The lowest BCUT2D eigenvalue weighted by atomic mass is 9.68. The fraction of sp³-hybridized carbons (Fsp3) is 0.667. The second-order valence-electron chi connectivity index (χ2n) is 8.47. The fourth-order valence-electron chi connectivity index (χ4n) is 4.08. The van der Waals surface area contributed by atoms with Crippen LogP contribution in [0.5, 0.6) is 5.75 Å². The number of aliphatic hydroxyl groups is 1. The highest BCUT2D eigenvalue weighted by Gasteiger charge is 2.51. The average Bonchev–Trinajstić information content (AvgIpc) is 2.98. The quantitative estimate of drug-likeness (QED) is 0.703. The largest absolute Gasteiger partial charge is 0.484 e. The van der Waals surface area contributed by atoms with E-state index in [1.165, 1.54) is 12.1 Å². The van der Waals surface area contributed by atoms with Gasteiger partial charge >= 0.3 is 6.18 Å². The van der Waals surface area contributed by atoms with Crippen LogP contribution in [0, 0.1) is 5.41 Å². The molecule has 29 heavy (non-hydrogen) atoms. The first-order chi connectivity index (χ1) is 13.5. The molecule has 0 aromatic heterocycles. The molecule has 1 heterocycles. The minimum absolute atomic E-state index is 0.0556. The zero-order chi connectivity index (χ0) is 21.3. The highest BCUT2D eigenvalue weighted by molar-refractivity contribution is 7.99. The van der Waals surface area contributed by atoms with Crippen LogP contribution >= 0.6 is 11.8 Å². The Kier molecular flexibility index (Phi) is 6.44. The zero-order valence-electron chi connectivity index (χ0n) is 16.8. The van der Waals surface area contributed by atoms with Crippen molar-refractivity contribution < 1.29 is 27.8 Å². The molecule has 1 aromatic rings. The summed E-state index contributed by atoms with van der Waals surface area (Å²) in [4.78, 5) is 14.9. The summed E-state index contributed by atoms with van der Waals surface area (Å²) in [5.41, 5.74) is -0.464. The van der Waals surface area contributed by atoms with Crippen molar-refractivity contribution >= 4 is 23.4 Å². The summed E-state index contributed by atoms with van der Waals surface area (Å²) in [5, 5.41) is 11.3. The van der Waals surface area contributed by atoms with Gasteiger partial charge in [0.2, 0.25) is 5.91 Å². The number of carbonyl (C=O) groups is 1. The molecule has 8 heteroatoms. The number of benzene rings is 1. The third-order valence-corrected chi connectivity index (χ3v) is 7.26. The lowest BCUT2D eigenvalue weighted by Crippen LogP contribution is -2.44. The van der Waals surface area contributed by atoms with Gasteiger partial charge in [-0.2, -0.15) is 24.9 Å². The third-order valence-electron chi connectivity index (χ3n) is 5.89. The lowest BCUT2D eigenvalue weighted by Gasteiger charge is -2.41. The molecule has 0 atom stereocenters. The number of thioether (sulfide) groups is 1. The number of ether oxygens (including phenoxy) is 1. The molecule has 162 valence electrons. The molecule has 2 fully saturated rings. The van der Waals surface area contributed by atoms with Crippen LogP contribution in [0.25, 0.3) is 0 Å². The number of halogens is 3. The second kappa shape index (κ2) is 8.38. The average molecular weight is 432 g/mol. The maximum absolute atomic E-state index is 13.2. The van der Waals surface area contributed by atoms with Crippen LogP contribution in [0.4, 0.5) is 18.9 Å². The number of hydrogen-bond acceptors (Lipinski definition) is 4. The molecule has 0 bridgehead atoms. The van der Waals surface area contributed by atoms with Crippen molar-refractivity contribution in [2.75, 3.05) is 23.8 Å². The van der Waals surface area contributed by atoms with Crippen molar-refractivity contribution in [3.8, 4) is 5.75 Å². The van der Waals surface area contributed by atoms with Crippen LogP contribution in [0.1, 0.15) is 46.0 Å². The summed E-state index contributed by atoms with van der Waals surface area (Å²) in [6, 6.07) is 6.17. The number of alkyl halides is 3. The fourth-order valence-corrected chi connectivity index (χ4v) is 5.01. The van der Waals surface area contributed by atoms with Gasteiger partial charge < -0.3 is 14.7 Å². The molecule has 1 N–H and O–H groups in total. The summed E-state index contributed by atoms with van der Waals surface area (Å²) in [6.45, 7) is 3.46. The Morgan fingerprint density at radius 1 is 1.14 bits per heavy atom. The predicted octanol–water partition coefficient (Wildman–Crippen LogP) is 4.80. The number of rotatable bonds is 6. The van der Waals surface area contributed by atoms with E-state index in [0.717, 1.165) is 6.42 Å². The summed E-state index contributed by atoms with van der Waals surface area (Å²) >= 11 is 1.74. The predicted molar refractivity (Wildman–Crippen MR) is 108 cm³/mol. The standard InChI is InChI=1S/C21H28F3NO3S/c1-15(2)29-14-20(27)9-7-19(8-10-20)11-12-25(18(19)26)16-3-5-17(6-4-16)28-13-21(22,23)24/h3-6,15,27H,7-14H2,1-2H3/t19-,20+. The van der Waals surface area contributed by atoms with Crippen LogP contribution in [0.15, 0.2) is 24.3 Å². The van der Waals surface area contributed by atoms with Gasteiger partial charge in [0, 0.05) is 18.0 Å². The summed E-state index contributed by atoms with van der Waals surface area (Å²) in [5.74, 6) is 0.871. The first kappa shape index (κ1) is 22.3. The van der Waals surface area contributed by atoms with Crippen LogP contribution in [0.3, 0.4) is 0 Å². The van der Waals surface area contributed by atoms with Crippen molar-refractivity contribution in [1.82, 2.24) is 0 Å². The maximum atomic E-state index is 13.2. The molecule has 0 radical (unpaired) electrons. The van der Waals surface area contributed by atoms with Crippen molar-refractivity contribution in [1.29, 1.82) is 0 Å². The van der Waals surface area contributed by atoms with Gasteiger partial charge in [-0.1, -0.05) is 13.8 Å². The van der Waals surface area contributed by atoms with Crippen molar-refractivity contribution in [3.05, 3.63) is 24.3 Å². The minimum atomic E-state index is -4.38. The molecule has 3 rings (SSSR count). The molecule has 1 aromatic carbocycles. The number of hydrogen-bond donors (Lipinski definition) is 1. The van der Waals surface area contributed by atoms with E-state index in [-0.39, 0.29) is 11.7 Å². The van der Waals surface area contributed by atoms with E-state index in [2.05, 4.69) is 13.8 Å². The highest BCUT2D eigenvalue weighted by Crippen LogP contribution is 2.49. The highest BCUT2D eigenvalue weighted by atomic mass is 32.2. The molecule has 0 unspecified atom stereocenters. The van der Waals surface area contributed by atoms with Gasteiger partial charge in [-0.05, 0) is 61.6 Å². The Morgan fingerprint density at radius 3 is 2.31 bits per heavy atom. The molecule has 1 saturated carbocycles. The van der Waals surface area contributed by atoms with E-state index in [0.29, 0.717) is 48.9 Å². The van der Waals surface area contributed by atoms with E-state index in [4.69, 9.17) is 4.74 Å². The first-order valence-corrected chi connectivity index (χ1v) is 11.0. The summed E-state index contributed by atoms with van der Waals surface area (Å²) in [7, 11) is 0. The van der Waals surface area contributed by atoms with E-state index < -0.39 is 23.8 Å².